The molecule has 108 valence electrons. The quantitative estimate of drug-likeness (QED) is 0.310. The van der Waals surface area contributed by atoms with Gasteiger partial charge in [-0.15, -0.1) is 12.4 Å². The van der Waals surface area contributed by atoms with Gasteiger partial charge in [-0.05, 0) is 36.7 Å². The SMILES string of the molecule is C=CC(=O)NCO.Cl.NCCc1ccc(O)c(O)c1. The average molecular weight is 291 g/mol. The van der Waals surface area contributed by atoms with Gasteiger partial charge in [0.2, 0.25) is 5.91 Å². The van der Waals surface area contributed by atoms with E-state index in [1.165, 1.54) is 12.1 Å². The summed E-state index contributed by atoms with van der Waals surface area (Å²) >= 11 is 0. The Morgan fingerprint density at radius 2 is 2.00 bits per heavy atom. The van der Waals surface area contributed by atoms with Crippen molar-refractivity contribution in [3.05, 3.63) is 36.4 Å². The molecule has 0 heterocycles. The lowest BCUT2D eigenvalue weighted by Crippen LogP contribution is -2.20. The van der Waals surface area contributed by atoms with E-state index in [1.54, 1.807) is 6.07 Å². The standard InChI is InChI=1S/C8H11NO2.C4H7NO2.ClH/c9-4-3-6-1-2-7(10)8(11)5-6;1-2-4(7)5-3-6;/h1-2,5,10-11H,3-4,9H2;2,6H,1,3H2,(H,5,7);1H. The fourth-order valence-corrected chi connectivity index (χ4v) is 1.04. The first kappa shape index (κ1) is 19.6. The molecule has 19 heavy (non-hydrogen) atoms. The highest BCUT2D eigenvalue weighted by Gasteiger charge is 1.98. The van der Waals surface area contributed by atoms with Crippen LogP contribution in [0.5, 0.6) is 11.5 Å². The van der Waals surface area contributed by atoms with Gasteiger partial charge in [-0.1, -0.05) is 12.6 Å². The maximum atomic E-state index is 10.0. The molecule has 0 aliphatic carbocycles. The molecule has 0 radical (unpaired) electrons. The summed E-state index contributed by atoms with van der Waals surface area (Å²) in [5.41, 5.74) is 6.24. The van der Waals surface area contributed by atoms with Crippen LogP contribution < -0.4 is 11.1 Å². The predicted molar refractivity (Wildman–Crippen MR) is 75.2 cm³/mol. The highest BCUT2D eigenvalue weighted by atomic mass is 35.5. The molecule has 0 saturated heterocycles. The van der Waals surface area contributed by atoms with Gasteiger partial charge in [-0.2, -0.15) is 0 Å². The van der Waals surface area contributed by atoms with E-state index in [-0.39, 0.29) is 36.5 Å². The van der Waals surface area contributed by atoms with Crippen LogP contribution in [0.2, 0.25) is 0 Å². The summed E-state index contributed by atoms with van der Waals surface area (Å²) in [6.45, 7) is 3.37. The number of hydrogen-bond acceptors (Lipinski definition) is 5. The van der Waals surface area contributed by atoms with Gasteiger partial charge in [0.1, 0.15) is 6.73 Å². The van der Waals surface area contributed by atoms with Gasteiger partial charge >= 0.3 is 0 Å². The number of hydrogen-bond donors (Lipinski definition) is 5. The van der Waals surface area contributed by atoms with Gasteiger partial charge in [0, 0.05) is 0 Å². The van der Waals surface area contributed by atoms with E-state index in [4.69, 9.17) is 21.1 Å². The Bertz CT molecular complexity index is 399. The van der Waals surface area contributed by atoms with Crippen molar-refractivity contribution in [2.75, 3.05) is 13.3 Å². The molecule has 0 spiro atoms. The number of carbonyl (C=O) groups is 1. The van der Waals surface area contributed by atoms with E-state index in [9.17, 15) is 4.79 Å². The molecule has 1 aromatic rings. The number of halogens is 1. The molecule has 0 saturated carbocycles. The summed E-state index contributed by atoms with van der Waals surface area (Å²) in [5, 5.41) is 28.0. The summed E-state index contributed by atoms with van der Waals surface area (Å²) in [4.78, 5) is 10.0. The number of aliphatic hydroxyl groups excluding tert-OH is 1. The molecular weight excluding hydrogens is 272 g/mol. The third kappa shape index (κ3) is 8.90. The molecular formula is C12H19ClN2O4. The molecule has 1 rings (SSSR count). The number of carbonyl (C=O) groups excluding carboxylic acids is 1. The van der Waals surface area contributed by atoms with E-state index >= 15 is 0 Å². The van der Waals surface area contributed by atoms with Gasteiger partial charge in [0.25, 0.3) is 0 Å². The Morgan fingerprint density at radius 3 is 2.37 bits per heavy atom. The van der Waals surface area contributed by atoms with E-state index < -0.39 is 0 Å². The Balaban J connectivity index is 0. The van der Waals surface area contributed by atoms with Gasteiger partial charge < -0.3 is 26.4 Å². The number of nitrogens with one attached hydrogen (secondary N) is 1. The molecule has 0 aliphatic rings. The number of benzene rings is 1. The summed E-state index contributed by atoms with van der Waals surface area (Å²) in [5.74, 6) is -0.538. The average Bonchev–Trinajstić information content (AvgIpc) is 2.35. The minimum Gasteiger partial charge on any atom is -0.504 e. The summed E-state index contributed by atoms with van der Waals surface area (Å²) in [6, 6.07) is 4.71. The lowest BCUT2D eigenvalue weighted by Gasteiger charge is -2.00. The zero-order valence-electron chi connectivity index (χ0n) is 10.4. The number of aliphatic hydroxyl groups is 1. The second-order valence-electron chi connectivity index (χ2n) is 3.27. The first-order chi connectivity index (χ1) is 8.54. The molecule has 1 amide bonds. The molecule has 0 unspecified atom stereocenters. The van der Waals surface area contributed by atoms with E-state index in [2.05, 4.69) is 11.9 Å². The summed E-state index contributed by atoms with van der Waals surface area (Å²) in [7, 11) is 0. The van der Waals surface area contributed by atoms with Crippen molar-refractivity contribution in [1.82, 2.24) is 5.32 Å². The number of phenolic OH excluding ortho intramolecular Hbond substituents is 2. The highest BCUT2D eigenvalue weighted by Crippen LogP contribution is 2.24. The fourth-order valence-electron chi connectivity index (χ4n) is 1.04. The smallest absolute Gasteiger partial charge is 0.245 e. The van der Waals surface area contributed by atoms with Gasteiger partial charge in [0.15, 0.2) is 11.5 Å². The topological polar surface area (TPSA) is 116 Å². The molecule has 0 aromatic heterocycles. The van der Waals surface area contributed by atoms with Gasteiger partial charge in [0.05, 0.1) is 0 Å². The van der Waals surface area contributed by atoms with E-state index in [1.807, 2.05) is 0 Å². The molecule has 6 N–H and O–H groups in total. The van der Waals surface area contributed by atoms with Crippen LogP contribution in [-0.2, 0) is 11.2 Å². The predicted octanol–water partition coefficient (Wildman–Crippen LogP) is 0.259. The second-order valence-corrected chi connectivity index (χ2v) is 3.27. The maximum Gasteiger partial charge on any atom is 0.245 e. The third-order valence-corrected chi connectivity index (χ3v) is 1.91. The zero-order chi connectivity index (χ0) is 14.0. The number of rotatable bonds is 4. The number of aromatic hydroxyl groups is 2. The number of amides is 1. The number of nitrogens with two attached hydrogens (primary N) is 1. The van der Waals surface area contributed by atoms with Crippen LogP contribution >= 0.6 is 12.4 Å². The molecule has 1 aromatic carbocycles. The van der Waals surface area contributed by atoms with Crippen molar-refractivity contribution in [3.63, 3.8) is 0 Å². The molecule has 0 fully saturated rings. The van der Waals surface area contributed by atoms with Crippen molar-refractivity contribution >= 4 is 18.3 Å². The van der Waals surface area contributed by atoms with Crippen molar-refractivity contribution in [2.45, 2.75) is 6.42 Å². The maximum absolute atomic E-state index is 10.0. The van der Waals surface area contributed by atoms with E-state index in [0.29, 0.717) is 13.0 Å². The van der Waals surface area contributed by atoms with Crippen LogP contribution in [0, 0.1) is 0 Å². The Morgan fingerprint density at radius 1 is 1.37 bits per heavy atom. The van der Waals surface area contributed by atoms with Crippen LogP contribution in [0.3, 0.4) is 0 Å². The van der Waals surface area contributed by atoms with Crippen LogP contribution in [0.25, 0.3) is 0 Å². The Kier molecular flexibility index (Phi) is 11.7. The van der Waals surface area contributed by atoms with E-state index in [0.717, 1.165) is 11.6 Å². The lowest BCUT2D eigenvalue weighted by molar-refractivity contribution is -0.117. The van der Waals surface area contributed by atoms with Crippen LogP contribution in [0.4, 0.5) is 0 Å². The minimum atomic E-state index is -0.359. The zero-order valence-corrected chi connectivity index (χ0v) is 11.2. The second kappa shape index (κ2) is 11.3. The Labute approximate surface area is 118 Å². The van der Waals surface area contributed by atoms with Crippen LogP contribution in [-0.4, -0.2) is 34.5 Å². The Hall–Kier alpha value is -1.76. The fraction of sp³-hybridized carbons (Fsp3) is 0.250. The molecule has 6 nitrogen and oxygen atoms in total. The van der Waals surface area contributed by atoms with Crippen molar-refractivity contribution in [3.8, 4) is 11.5 Å². The number of phenols is 2. The van der Waals surface area contributed by atoms with Crippen molar-refractivity contribution < 1.29 is 20.1 Å². The van der Waals surface area contributed by atoms with Crippen molar-refractivity contribution in [2.24, 2.45) is 5.73 Å². The van der Waals surface area contributed by atoms with Crippen LogP contribution in [0.1, 0.15) is 5.56 Å². The van der Waals surface area contributed by atoms with Crippen LogP contribution in [0.15, 0.2) is 30.9 Å². The molecule has 7 heteroatoms. The normalized spacial score (nSPS) is 8.53. The van der Waals surface area contributed by atoms with Gasteiger partial charge in [-0.3, -0.25) is 4.79 Å². The minimum absolute atomic E-state index is 0. The largest absolute Gasteiger partial charge is 0.504 e. The molecule has 0 atom stereocenters. The van der Waals surface area contributed by atoms with Gasteiger partial charge in [-0.25, -0.2) is 0 Å². The first-order valence-corrected chi connectivity index (χ1v) is 5.27. The van der Waals surface area contributed by atoms with Crippen molar-refractivity contribution in [1.29, 1.82) is 0 Å². The highest BCUT2D eigenvalue weighted by molar-refractivity contribution is 5.86. The monoisotopic (exact) mass is 290 g/mol. The lowest BCUT2D eigenvalue weighted by atomic mass is 10.1. The first-order valence-electron chi connectivity index (χ1n) is 5.27. The molecule has 0 bridgehead atoms. The third-order valence-electron chi connectivity index (χ3n) is 1.91. The summed E-state index contributed by atoms with van der Waals surface area (Å²) in [6.07, 6.45) is 1.81. The summed E-state index contributed by atoms with van der Waals surface area (Å²) < 4.78 is 0. The molecule has 0 aliphatic heterocycles.